The van der Waals surface area contributed by atoms with E-state index in [1.165, 1.54) is 5.56 Å². The first kappa shape index (κ1) is 18.6. The fourth-order valence-corrected chi connectivity index (χ4v) is 3.45. The number of hydrogen-bond donors (Lipinski definition) is 1. The lowest BCUT2D eigenvalue weighted by atomic mass is 10.0. The molecule has 1 aliphatic rings. The Morgan fingerprint density at radius 3 is 2.81 bits per heavy atom. The summed E-state index contributed by atoms with van der Waals surface area (Å²) in [6.07, 6.45) is 6.68. The number of benzene rings is 1. The molecule has 1 fully saturated rings. The lowest BCUT2D eigenvalue weighted by Crippen LogP contribution is -2.50. The summed E-state index contributed by atoms with van der Waals surface area (Å²) in [6, 6.07) is 7.98. The van der Waals surface area contributed by atoms with E-state index >= 15 is 0 Å². The highest BCUT2D eigenvalue weighted by Gasteiger charge is 2.31. The van der Waals surface area contributed by atoms with E-state index in [-0.39, 0.29) is 11.9 Å². The van der Waals surface area contributed by atoms with Crippen LogP contribution in [0.3, 0.4) is 0 Å². The molecule has 1 amide bonds. The molecular formula is C20H29N4O2+. The maximum absolute atomic E-state index is 12.7. The van der Waals surface area contributed by atoms with Crippen LogP contribution in [0.25, 0.3) is 11.4 Å². The second kappa shape index (κ2) is 8.94. The molecule has 26 heavy (non-hydrogen) atoms. The number of likely N-dealkylation sites (tertiary alicyclic amines) is 1. The zero-order chi connectivity index (χ0) is 18.4. The maximum atomic E-state index is 12.7. The average molecular weight is 357 g/mol. The number of quaternary nitrogens is 1. The van der Waals surface area contributed by atoms with Crippen LogP contribution in [0.4, 0.5) is 0 Å². The lowest BCUT2D eigenvalue weighted by Gasteiger charge is -2.33. The Hall–Kier alpha value is -2.21. The van der Waals surface area contributed by atoms with Crippen molar-refractivity contribution >= 4 is 5.91 Å². The van der Waals surface area contributed by atoms with Crippen molar-refractivity contribution in [2.24, 2.45) is 0 Å². The van der Waals surface area contributed by atoms with E-state index < -0.39 is 0 Å². The third kappa shape index (κ3) is 4.49. The number of aryl methyl sites for hydroxylation is 1. The van der Waals surface area contributed by atoms with Crippen LogP contribution in [0.2, 0.25) is 0 Å². The van der Waals surface area contributed by atoms with Crippen molar-refractivity contribution in [3.8, 4) is 11.4 Å². The fourth-order valence-electron chi connectivity index (χ4n) is 3.45. The SMILES string of the molecule is Cc1ccc(-c2noc([C@@H]3CCCCN3C(=O)CCCCC[NH3+])n2)cc1. The van der Waals surface area contributed by atoms with E-state index in [2.05, 4.69) is 15.9 Å². The molecule has 1 atom stereocenters. The number of amides is 1. The van der Waals surface area contributed by atoms with Crippen molar-refractivity contribution in [3.05, 3.63) is 35.7 Å². The molecule has 0 radical (unpaired) electrons. The van der Waals surface area contributed by atoms with Gasteiger partial charge in [-0.25, -0.2) is 0 Å². The Morgan fingerprint density at radius 1 is 1.23 bits per heavy atom. The maximum Gasteiger partial charge on any atom is 0.249 e. The standard InChI is InChI=1S/C20H28N4O2/c1-15-9-11-16(12-10-15)19-22-20(26-23-19)17-7-4-6-14-24(17)18(25)8-3-2-5-13-21/h9-12,17H,2-8,13-14,21H2,1H3/p+1/t17-/m0/s1. The molecule has 6 heteroatoms. The number of piperidine rings is 1. The third-order valence-corrected chi connectivity index (χ3v) is 5.00. The van der Waals surface area contributed by atoms with Gasteiger partial charge in [-0.3, -0.25) is 4.79 Å². The van der Waals surface area contributed by atoms with Crippen molar-refractivity contribution in [2.45, 2.75) is 57.9 Å². The van der Waals surface area contributed by atoms with Crippen molar-refractivity contribution in [2.75, 3.05) is 13.1 Å². The molecular weight excluding hydrogens is 328 g/mol. The molecule has 2 aromatic rings. The summed E-state index contributed by atoms with van der Waals surface area (Å²) < 4.78 is 5.55. The number of aromatic nitrogens is 2. The zero-order valence-corrected chi connectivity index (χ0v) is 15.6. The minimum Gasteiger partial charge on any atom is -0.358 e. The topological polar surface area (TPSA) is 86.9 Å². The van der Waals surface area contributed by atoms with Gasteiger partial charge in [0, 0.05) is 18.5 Å². The number of rotatable bonds is 7. The quantitative estimate of drug-likeness (QED) is 0.772. The van der Waals surface area contributed by atoms with Gasteiger partial charge in [0.1, 0.15) is 6.04 Å². The molecule has 1 aromatic carbocycles. The number of carbonyl (C=O) groups excluding carboxylic acids is 1. The van der Waals surface area contributed by atoms with Gasteiger partial charge in [0.05, 0.1) is 6.54 Å². The second-order valence-corrected chi connectivity index (χ2v) is 7.09. The molecule has 3 N–H and O–H groups in total. The predicted octanol–water partition coefficient (Wildman–Crippen LogP) is 2.90. The van der Waals surface area contributed by atoms with Crippen LogP contribution in [0.5, 0.6) is 0 Å². The summed E-state index contributed by atoms with van der Waals surface area (Å²) in [7, 11) is 0. The molecule has 0 unspecified atom stereocenters. The molecule has 0 saturated carbocycles. The van der Waals surface area contributed by atoms with Gasteiger partial charge in [0.2, 0.25) is 17.6 Å². The first-order valence-corrected chi connectivity index (χ1v) is 9.68. The summed E-state index contributed by atoms with van der Waals surface area (Å²) in [5.74, 6) is 1.36. The van der Waals surface area contributed by atoms with Crippen LogP contribution in [0.15, 0.2) is 28.8 Å². The molecule has 0 spiro atoms. The Balaban J connectivity index is 1.69. The smallest absolute Gasteiger partial charge is 0.249 e. The van der Waals surface area contributed by atoms with Gasteiger partial charge in [0.15, 0.2) is 0 Å². The van der Waals surface area contributed by atoms with Crippen molar-refractivity contribution < 1.29 is 15.1 Å². The zero-order valence-electron chi connectivity index (χ0n) is 15.6. The Morgan fingerprint density at radius 2 is 2.04 bits per heavy atom. The van der Waals surface area contributed by atoms with Gasteiger partial charge in [0.25, 0.3) is 0 Å². The number of hydrogen-bond acceptors (Lipinski definition) is 4. The van der Waals surface area contributed by atoms with Gasteiger partial charge < -0.3 is 15.2 Å². The minimum absolute atomic E-state index is 0.0872. The van der Waals surface area contributed by atoms with Crippen LogP contribution >= 0.6 is 0 Å². The molecule has 140 valence electrons. The van der Waals surface area contributed by atoms with Crippen molar-refractivity contribution in [3.63, 3.8) is 0 Å². The molecule has 0 aliphatic carbocycles. The largest absolute Gasteiger partial charge is 0.358 e. The summed E-state index contributed by atoms with van der Waals surface area (Å²) in [5.41, 5.74) is 5.99. The molecule has 6 nitrogen and oxygen atoms in total. The summed E-state index contributed by atoms with van der Waals surface area (Å²) in [5, 5.41) is 4.14. The van der Waals surface area contributed by atoms with Crippen molar-refractivity contribution in [1.29, 1.82) is 0 Å². The molecule has 2 heterocycles. The van der Waals surface area contributed by atoms with E-state index in [9.17, 15) is 4.79 Å². The van der Waals surface area contributed by atoms with E-state index in [0.29, 0.717) is 18.1 Å². The van der Waals surface area contributed by atoms with Gasteiger partial charge in [-0.1, -0.05) is 35.0 Å². The fraction of sp³-hybridized carbons (Fsp3) is 0.550. The van der Waals surface area contributed by atoms with Crippen LogP contribution in [0.1, 0.15) is 62.4 Å². The van der Waals surface area contributed by atoms with Gasteiger partial charge in [-0.05, 0) is 45.4 Å². The highest BCUT2D eigenvalue weighted by atomic mass is 16.5. The van der Waals surface area contributed by atoms with E-state index in [0.717, 1.165) is 57.2 Å². The van der Waals surface area contributed by atoms with Crippen LogP contribution < -0.4 is 5.73 Å². The number of nitrogens with zero attached hydrogens (tertiary/aromatic N) is 3. The van der Waals surface area contributed by atoms with Crippen LogP contribution in [-0.2, 0) is 4.79 Å². The highest BCUT2D eigenvalue weighted by molar-refractivity contribution is 5.76. The Labute approximate surface area is 154 Å². The van der Waals surface area contributed by atoms with E-state index in [1.54, 1.807) is 0 Å². The molecule has 3 rings (SSSR count). The van der Waals surface area contributed by atoms with E-state index in [1.807, 2.05) is 36.1 Å². The monoisotopic (exact) mass is 357 g/mol. The third-order valence-electron chi connectivity index (χ3n) is 5.00. The highest BCUT2D eigenvalue weighted by Crippen LogP contribution is 2.32. The number of carbonyl (C=O) groups is 1. The first-order chi connectivity index (χ1) is 12.7. The normalized spacial score (nSPS) is 17.5. The van der Waals surface area contributed by atoms with Gasteiger partial charge >= 0.3 is 0 Å². The lowest BCUT2D eigenvalue weighted by molar-refractivity contribution is -0.368. The van der Waals surface area contributed by atoms with Gasteiger partial charge in [-0.15, -0.1) is 0 Å². The second-order valence-electron chi connectivity index (χ2n) is 7.09. The van der Waals surface area contributed by atoms with Crippen molar-refractivity contribution in [1.82, 2.24) is 15.0 Å². The molecule has 1 aromatic heterocycles. The minimum atomic E-state index is -0.0872. The summed E-state index contributed by atoms with van der Waals surface area (Å²) in [6.45, 7) is 3.76. The van der Waals surface area contributed by atoms with E-state index in [4.69, 9.17) is 4.52 Å². The van der Waals surface area contributed by atoms with Crippen LogP contribution in [-0.4, -0.2) is 34.0 Å². The first-order valence-electron chi connectivity index (χ1n) is 9.68. The van der Waals surface area contributed by atoms with Crippen LogP contribution in [0, 0.1) is 6.92 Å². The average Bonchev–Trinajstić information content (AvgIpc) is 3.16. The van der Waals surface area contributed by atoms with Gasteiger partial charge in [-0.2, -0.15) is 4.98 Å². The summed E-state index contributed by atoms with van der Waals surface area (Å²) >= 11 is 0. The summed E-state index contributed by atoms with van der Waals surface area (Å²) in [4.78, 5) is 19.2. The predicted molar refractivity (Wildman–Crippen MR) is 99.0 cm³/mol. The molecule has 0 bridgehead atoms. The Bertz CT molecular complexity index is 711. The molecule has 1 saturated heterocycles. The Kier molecular flexibility index (Phi) is 6.39. The number of unbranched alkanes of at least 4 members (excludes halogenated alkanes) is 2. The molecule has 1 aliphatic heterocycles.